The van der Waals surface area contributed by atoms with Gasteiger partial charge in [-0.15, -0.1) is 0 Å². The molecule has 0 bridgehead atoms. The van der Waals surface area contributed by atoms with Crippen LogP contribution in [0.15, 0.2) is 17.0 Å². The summed E-state index contributed by atoms with van der Waals surface area (Å²) in [5.41, 5.74) is 7.94. The molecule has 5 nitrogen and oxygen atoms in total. The molecule has 1 atom stereocenters. The fraction of sp³-hybridized carbons (Fsp3) is 0.600. The number of aryl methyl sites for hydroxylation is 1. The lowest BCUT2D eigenvalue weighted by Gasteiger charge is -2.32. The highest BCUT2D eigenvalue weighted by molar-refractivity contribution is 7.89. The third kappa shape index (κ3) is 3.39. The van der Waals surface area contributed by atoms with E-state index in [1.165, 1.54) is 0 Å². The number of nitrogens with two attached hydrogens (primary N) is 1. The summed E-state index contributed by atoms with van der Waals surface area (Å²) in [5.74, 6) is 0.265. The van der Waals surface area contributed by atoms with Crippen LogP contribution in [0.4, 0.5) is 5.69 Å². The molecule has 2 N–H and O–H groups in total. The zero-order chi connectivity index (χ0) is 15.6. The first-order valence-corrected chi connectivity index (χ1v) is 8.66. The van der Waals surface area contributed by atoms with Crippen LogP contribution < -0.4 is 5.73 Å². The van der Waals surface area contributed by atoms with Crippen molar-refractivity contribution in [3.05, 3.63) is 23.3 Å². The van der Waals surface area contributed by atoms with Crippen LogP contribution in [0.25, 0.3) is 0 Å². The Morgan fingerprint density at radius 3 is 2.76 bits per heavy atom. The van der Waals surface area contributed by atoms with Gasteiger partial charge in [0.05, 0.1) is 11.5 Å². The Hall–Kier alpha value is -1.11. The minimum atomic E-state index is -3.49. The van der Waals surface area contributed by atoms with Gasteiger partial charge in [0.1, 0.15) is 0 Å². The van der Waals surface area contributed by atoms with Crippen molar-refractivity contribution >= 4 is 15.7 Å². The van der Waals surface area contributed by atoms with E-state index in [1.807, 2.05) is 6.92 Å². The Kier molecular flexibility index (Phi) is 4.91. The largest absolute Gasteiger partial charge is 0.398 e. The van der Waals surface area contributed by atoms with Crippen molar-refractivity contribution in [1.29, 1.82) is 0 Å². The number of sulfonamides is 1. The molecule has 0 saturated carbocycles. The highest BCUT2D eigenvalue weighted by atomic mass is 32.2. The minimum Gasteiger partial charge on any atom is -0.398 e. The first kappa shape index (κ1) is 16.3. The number of nitrogen functional groups attached to an aromatic ring is 1. The standard InChI is InChI=1S/C15H24N2O3S/c1-11-7-14(16)12(2)15(8-11)21(18,19)17-6-4-5-13(9-17)10-20-3/h7-8,13H,4-6,9-10,16H2,1-3H3. The Bertz CT molecular complexity index is 612. The summed E-state index contributed by atoms with van der Waals surface area (Å²) in [6.07, 6.45) is 1.88. The van der Waals surface area contributed by atoms with Gasteiger partial charge in [-0.1, -0.05) is 0 Å². The molecule has 21 heavy (non-hydrogen) atoms. The van der Waals surface area contributed by atoms with Crippen LogP contribution >= 0.6 is 0 Å². The maximum atomic E-state index is 12.9. The zero-order valence-corrected chi connectivity index (χ0v) is 13.7. The maximum absolute atomic E-state index is 12.9. The summed E-state index contributed by atoms with van der Waals surface area (Å²) >= 11 is 0. The summed E-state index contributed by atoms with van der Waals surface area (Å²) in [4.78, 5) is 0.332. The van der Waals surface area contributed by atoms with E-state index in [0.717, 1.165) is 18.4 Å². The predicted octanol–water partition coefficient (Wildman–Crippen LogP) is 1.93. The Morgan fingerprint density at radius 2 is 2.10 bits per heavy atom. The molecule has 0 aliphatic carbocycles. The number of piperidine rings is 1. The molecular weight excluding hydrogens is 288 g/mol. The predicted molar refractivity (Wildman–Crippen MR) is 83.7 cm³/mol. The summed E-state index contributed by atoms with van der Waals surface area (Å²) in [7, 11) is -1.84. The lowest BCUT2D eigenvalue weighted by Crippen LogP contribution is -2.41. The minimum absolute atomic E-state index is 0.265. The highest BCUT2D eigenvalue weighted by Crippen LogP contribution is 2.29. The Labute approximate surface area is 127 Å². The molecule has 1 saturated heterocycles. The van der Waals surface area contributed by atoms with Gasteiger partial charge in [-0.25, -0.2) is 8.42 Å². The number of rotatable bonds is 4. The van der Waals surface area contributed by atoms with Crippen molar-refractivity contribution in [2.75, 3.05) is 32.5 Å². The van der Waals surface area contributed by atoms with Gasteiger partial charge in [0.25, 0.3) is 0 Å². The third-order valence-corrected chi connectivity index (χ3v) is 6.04. The van der Waals surface area contributed by atoms with Crippen LogP contribution in [0.5, 0.6) is 0 Å². The normalized spacial score (nSPS) is 20.6. The first-order chi connectivity index (χ1) is 9.86. The van der Waals surface area contributed by atoms with Crippen LogP contribution in [0.2, 0.25) is 0 Å². The van der Waals surface area contributed by atoms with Gasteiger partial charge in [0.15, 0.2) is 0 Å². The second-order valence-electron chi connectivity index (χ2n) is 5.80. The molecule has 0 aromatic heterocycles. The molecular formula is C15H24N2O3S. The number of hydrogen-bond donors (Lipinski definition) is 1. The molecule has 1 heterocycles. The van der Waals surface area contributed by atoms with E-state index in [0.29, 0.717) is 35.8 Å². The summed E-state index contributed by atoms with van der Waals surface area (Å²) in [5, 5.41) is 0. The molecule has 2 rings (SSSR count). The molecule has 1 fully saturated rings. The molecule has 118 valence electrons. The second kappa shape index (κ2) is 6.34. The molecule has 1 unspecified atom stereocenters. The number of methoxy groups -OCH3 is 1. The van der Waals surface area contributed by atoms with E-state index in [4.69, 9.17) is 10.5 Å². The SMILES string of the molecule is COCC1CCCN(S(=O)(=O)c2cc(C)cc(N)c2C)C1. The van der Waals surface area contributed by atoms with Gasteiger partial charge >= 0.3 is 0 Å². The second-order valence-corrected chi connectivity index (χ2v) is 7.71. The Morgan fingerprint density at radius 1 is 1.38 bits per heavy atom. The van der Waals surface area contributed by atoms with Crippen molar-refractivity contribution in [3.8, 4) is 0 Å². The van der Waals surface area contributed by atoms with Crippen LogP contribution in [-0.2, 0) is 14.8 Å². The molecule has 1 aliphatic heterocycles. The van der Waals surface area contributed by atoms with Crippen LogP contribution in [0.3, 0.4) is 0 Å². The highest BCUT2D eigenvalue weighted by Gasteiger charge is 2.31. The van der Waals surface area contributed by atoms with E-state index >= 15 is 0 Å². The van der Waals surface area contributed by atoms with E-state index in [9.17, 15) is 8.42 Å². The van der Waals surface area contributed by atoms with Crippen molar-refractivity contribution in [2.24, 2.45) is 5.92 Å². The van der Waals surface area contributed by atoms with Gasteiger partial charge < -0.3 is 10.5 Å². The number of benzene rings is 1. The fourth-order valence-electron chi connectivity index (χ4n) is 2.88. The molecule has 1 aliphatic rings. The van der Waals surface area contributed by atoms with Crippen LogP contribution in [0, 0.1) is 19.8 Å². The topological polar surface area (TPSA) is 72.6 Å². The van der Waals surface area contributed by atoms with Gasteiger partial charge in [-0.05, 0) is 55.9 Å². The third-order valence-electron chi connectivity index (χ3n) is 4.05. The monoisotopic (exact) mass is 312 g/mol. The van der Waals surface area contributed by atoms with Gasteiger partial charge in [0, 0.05) is 25.9 Å². The van der Waals surface area contributed by atoms with E-state index in [-0.39, 0.29) is 5.92 Å². The smallest absolute Gasteiger partial charge is 0.243 e. The summed E-state index contributed by atoms with van der Waals surface area (Å²) in [6, 6.07) is 3.51. The van der Waals surface area contributed by atoms with Crippen molar-refractivity contribution in [3.63, 3.8) is 0 Å². The first-order valence-electron chi connectivity index (χ1n) is 7.22. The van der Waals surface area contributed by atoms with E-state index in [1.54, 1.807) is 30.5 Å². The molecule has 0 amide bonds. The lowest BCUT2D eigenvalue weighted by molar-refractivity contribution is 0.118. The van der Waals surface area contributed by atoms with Crippen molar-refractivity contribution in [1.82, 2.24) is 4.31 Å². The van der Waals surface area contributed by atoms with Crippen LogP contribution in [-0.4, -0.2) is 39.5 Å². The quantitative estimate of drug-likeness (QED) is 0.862. The molecule has 6 heteroatoms. The number of nitrogens with zero attached hydrogens (tertiary/aromatic N) is 1. The van der Waals surface area contributed by atoms with Gasteiger partial charge in [0.2, 0.25) is 10.0 Å². The zero-order valence-electron chi connectivity index (χ0n) is 12.9. The molecule has 0 radical (unpaired) electrons. The summed E-state index contributed by atoms with van der Waals surface area (Å²) in [6.45, 7) is 5.30. The van der Waals surface area contributed by atoms with Crippen LogP contribution in [0.1, 0.15) is 24.0 Å². The average Bonchev–Trinajstić information content (AvgIpc) is 2.43. The van der Waals surface area contributed by atoms with Gasteiger partial charge in [-0.2, -0.15) is 4.31 Å². The molecule has 0 spiro atoms. The number of hydrogen-bond acceptors (Lipinski definition) is 4. The van der Waals surface area contributed by atoms with Crippen molar-refractivity contribution in [2.45, 2.75) is 31.6 Å². The number of anilines is 1. The lowest BCUT2D eigenvalue weighted by atomic mass is 10.0. The Balaban J connectivity index is 2.34. The molecule has 1 aromatic carbocycles. The van der Waals surface area contributed by atoms with E-state index < -0.39 is 10.0 Å². The maximum Gasteiger partial charge on any atom is 0.243 e. The number of ether oxygens (including phenoxy) is 1. The molecule has 1 aromatic rings. The summed E-state index contributed by atoms with van der Waals surface area (Å²) < 4.78 is 32.5. The average molecular weight is 312 g/mol. The van der Waals surface area contributed by atoms with E-state index in [2.05, 4.69) is 0 Å². The van der Waals surface area contributed by atoms with Crippen molar-refractivity contribution < 1.29 is 13.2 Å². The van der Waals surface area contributed by atoms with Gasteiger partial charge in [-0.3, -0.25) is 0 Å². The fourth-order valence-corrected chi connectivity index (χ4v) is 4.77.